The summed E-state index contributed by atoms with van der Waals surface area (Å²) in [6.07, 6.45) is -4.14. The standard InChI is InChI=1S/C24H18F3NO2/c1-15-22(23(29)20-4-2-3-5-21(20)28-15)18-10-6-16(7-11-18)14-17-8-12-19(13-9-17)30-24(25,26)27/h2-13H,14H2,1H3,(H,28,29). The minimum absolute atomic E-state index is 0.0187. The Kier molecular flexibility index (Phi) is 5.08. The fraction of sp³-hybridized carbons (Fsp3) is 0.125. The van der Waals surface area contributed by atoms with Gasteiger partial charge in [-0.15, -0.1) is 13.2 Å². The number of pyridine rings is 1. The van der Waals surface area contributed by atoms with Gasteiger partial charge in [-0.3, -0.25) is 4.79 Å². The van der Waals surface area contributed by atoms with Crippen LogP contribution >= 0.6 is 0 Å². The molecule has 0 saturated carbocycles. The number of aromatic amines is 1. The number of halogens is 3. The van der Waals surface area contributed by atoms with Crippen LogP contribution in [0.1, 0.15) is 16.8 Å². The van der Waals surface area contributed by atoms with Crippen LogP contribution in [0.3, 0.4) is 0 Å². The molecule has 0 amide bonds. The molecule has 1 N–H and O–H groups in total. The summed E-state index contributed by atoms with van der Waals surface area (Å²) >= 11 is 0. The summed E-state index contributed by atoms with van der Waals surface area (Å²) in [5, 5.41) is 0.642. The smallest absolute Gasteiger partial charge is 0.406 e. The van der Waals surface area contributed by atoms with Crippen LogP contribution in [0.4, 0.5) is 13.2 Å². The van der Waals surface area contributed by atoms with E-state index in [4.69, 9.17) is 0 Å². The van der Waals surface area contributed by atoms with E-state index in [0.717, 1.165) is 27.9 Å². The van der Waals surface area contributed by atoms with Crippen LogP contribution in [-0.2, 0) is 6.42 Å². The normalized spacial score (nSPS) is 11.6. The molecule has 0 saturated heterocycles. The number of hydrogen-bond acceptors (Lipinski definition) is 2. The van der Waals surface area contributed by atoms with Gasteiger partial charge in [0.15, 0.2) is 5.43 Å². The van der Waals surface area contributed by atoms with Crippen LogP contribution in [0.5, 0.6) is 5.75 Å². The number of aromatic nitrogens is 1. The van der Waals surface area contributed by atoms with Crippen molar-refractivity contribution in [1.29, 1.82) is 0 Å². The highest BCUT2D eigenvalue weighted by Crippen LogP contribution is 2.25. The van der Waals surface area contributed by atoms with Gasteiger partial charge in [0.05, 0.1) is 0 Å². The van der Waals surface area contributed by atoms with Gasteiger partial charge in [-0.25, -0.2) is 0 Å². The molecule has 4 rings (SSSR count). The van der Waals surface area contributed by atoms with Gasteiger partial charge >= 0.3 is 6.36 Å². The fourth-order valence-electron chi connectivity index (χ4n) is 3.54. The molecule has 0 aliphatic carbocycles. The number of hydrogen-bond donors (Lipinski definition) is 1. The molecule has 1 aromatic heterocycles. The topological polar surface area (TPSA) is 42.1 Å². The summed E-state index contributed by atoms with van der Waals surface area (Å²) in [5.74, 6) is -0.243. The Hall–Kier alpha value is -3.54. The minimum atomic E-state index is -4.70. The predicted octanol–water partition coefficient (Wildman–Crippen LogP) is 5.99. The largest absolute Gasteiger partial charge is 0.573 e. The Labute approximate surface area is 170 Å². The predicted molar refractivity (Wildman–Crippen MR) is 111 cm³/mol. The van der Waals surface area contributed by atoms with Gasteiger partial charge in [-0.05, 0) is 54.3 Å². The van der Waals surface area contributed by atoms with Crippen LogP contribution in [0.15, 0.2) is 77.6 Å². The van der Waals surface area contributed by atoms with E-state index in [9.17, 15) is 18.0 Å². The van der Waals surface area contributed by atoms with Gasteiger partial charge in [-0.2, -0.15) is 0 Å². The zero-order valence-electron chi connectivity index (χ0n) is 16.1. The quantitative estimate of drug-likeness (QED) is 0.450. The zero-order valence-corrected chi connectivity index (χ0v) is 16.1. The molecule has 0 atom stereocenters. The van der Waals surface area contributed by atoms with Crippen molar-refractivity contribution in [3.05, 3.63) is 99.8 Å². The molecular formula is C24H18F3NO2. The third-order valence-electron chi connectivity index (χ3n) is 4.90. The van der Waals surface area contributed by atoms with Crippen molar-refractivity contribution in [3.8, 4) is 16.9 Å². The highest BCUT2D eigenvalue weighted by molar-refractivity contribution is 5.84. The molecule has 0 aliphatic rings. The Morgan fingerprint density at radius 2 is 1.47 bits per heavy atom. The number of aryl methyl sites for hydroxylation is 1. The third-order valence-corrected chi connectivity index (χ3v) is 4.90. The second kappa shape index (κ2) is 7.71. The highest BCUT2D eigenvalue weighted by Gasteiger charge is 2.30. The van der Waals surface area contributed by atoms with E-state index >= 15 is 0 Å². The van der Waals surface area contributed by atoms with Crippen LogP contribution in [0.25, 0.3) is 22.0 Å². The average molecular weight is 409 g/mol. The lowest BCUT2D eigenvalue weighted by molar-refractivity contribution is -0.274. The van der Waals surface area contributed by atoms with E-state index in [1.54, 1.807) is 18.2 Å². The first kappa shape index (κ1) is 19.8. The van der Waals surface area contributed by atoms with Gasteiger partial charge in [0.2, 0.25) is 0 Å². The maximum atomic E-state index is 12.9. The molecule has 1 heterocycles. The lowest BCUT2D eigenvalue weighted by Gasteiger charge is -2.10. The molecule has 152 valence electrons. The molecule has 0 spiro atoms. The Bertz CT molecular complexity index is 1240. The number of rotatable bonds is 4. The summed E-state index contributed by atoms with van der Waals surface area (Å²) in [5.41, 5.74) is 4.88. The van der Waals surface area contributed by atoms with E-state index in [-0.39, 0.29) is 11.2 Å². The second-order valence-electron chi connectivity index (χ2n) is 7.07. The molecule has 3 nitrogen and oxygen atoms in total. The first-order chi connectivity index (χ1) is 14.3. The summed E-state index contributed by atoms with van der Waals surface area (Å²) < 4.78 is 40.7. The monoisotopic (exact) mass is 409 g/mol. The second-order valence-corrected chi connectivity index (χ2v) is 7.07. The SMILES string of the molecule is Cc1[nH]c2ccccc2c(=O)c1-c1ccc(Cc2ccc(OC(F)(F)F)cc2)cc1. The van der Waals surface area contributed by atoms with E-state index in [0.29, 0.717) is 17.4 Å². The molecule has 0 bridgehead atoms. The van der Waals surface area contributed by atoms with Gasteiger partial charge in [-0.1, -0.05) is 48.5 Å². The summed E-state index contributed by atoms with van der Waals surface area (Å²) in [4.78, 5) is 16.2. The first-order valence-corrected chi connectivity index (χ1v) is 9.36. The highest BCUT2D eigenvalue weighted by atomic mass is 19.4. The lowest BCUT2D eigenvalue weighted by Crippen LogP contribution is -2.17. The number of benzene rings is 3. The molecule has 0 radical (unpaired) electrons. The van der Waals surface area contributed by atoms with Crippen molar-refractivity contribution in [2.75, 3.05) is 0 Å². The molecule has 3 aromatic carbocycles. The first-order valence-electron chi connectivity index (χ1n) is 9.36. The van der Waals surface area contributed by atoms with E-state index in [1.807, 2.05) is 49.4 Å². The average Bonchev–Trinajstić information content (AvgIpc) is 2.70. The number of alkyl halides is 3. The van der Waals surface area contributed by atoms with Crippen LogP contribution in [0.2, 0.25) is 0 Å². The molecule has 0 unspecified atom stereocenters. The van der Waals surface area contributed by atoms with Crippen LogP contribution in [-0.4, -0.2) is 11.3 Å². The van der Waals surface area contributed by atoms with Crippen molar-refractivity contribution in [2.24, 2.45) is 0 Å². The third kappa shape index (κ3) is 4.22. The number of para-hydroxylation sites is 1. The van der Waals surface area contributed by atoms with Gasteiger partial charge in [0.25, 0.3) is 0 Å². The fourth-order valence-corrected chi connectivity index (χ4v) is 3.54. The maximum Gasteiger partial charge on any atom is 0.573 e. The minimum Gasteiger partial charge on any atom is -0.406 e. The van der Waals surface area contributed by atoms with E-state index in [1.165, 1.54) is 12.1 Å². The van der Waals surface area contributed by atoms with Crippen molar-refractivity contribution >= 4 is 10.9 Å². The number of H-pyrrole nitrogens is 1. The molecule has 0 aliphatic heterocycles. The summed E-state index contributed by atoms with van der Waals surface area (Å²) in [7, 11) is 0. The van der Waals surface area contributed by atoms with E-state index in [2.05, 4.69) is 9.72 Å². The Morgan fingerprint density at radius 3 is 2.10 bits per heavy atom. The molecular weight excluding hydrogens is 391 g/mol. The molecule has 4 aromatic rings. The molecule has 6 heteroatoms. The molecule has 30 heavy (non-hydrogen) atoms. The van der Waals surface area contributed by atoms with Gasteiger partial charge in [0, 0.05) is 22.2 Å². The van der Waals surface area contributed by atoms with Crippen LogP contribution < -0.4 is 10.2 Å². The van der Waals surface area contributed by atoms with Crippen molar-refractivity contribution < 1.29 is 17.9 Å². The number of fused-ring (bicyclic) bond motifs is 1. The van der Waals surface area contributed by atoms with Crippen LogP contribution in [0, 0.1) is 6.92 Å². The van der Waals surface area contributed by atoms with Gasteiger partial charge < -0.3 is 9.72 Å². The Balaban J connectivity index is 1.57. The van der Waals surface area contributed by atoms with Crippen molar-refractivity contribution in [1.82, 2.24) is 4.98 Å². The number of ether oxygens (including phenoxy) is 1. The summed E-state index contributed by atoms with van der Waals surface area (Å²) in [6, 6.07) is 20.8. The van der Waals surface area contributed by atoms with E-state index < -0.39 is 6.36 Å². The van der Waals surface area contributed by atoms with Crippen molar-refractivity contribution in [2.45, 2.75) is 19.7 Å². The molecule has 0 fully saturated rings. The lowest BCUT2D eigenvalue weighted by atomic mass is 9.98. The Morgan fingerprint density at radius 1 is 0.867 bits per heavy atom. The summed E-state index contributed by atoms with van der Waals surface area (Å²) in [6.45, 7) is 1.88. The van der Waals surface area contributed by atoms with Crippen molar-refractivity contribution in [3.63, 3.8) is 0 Å². The zero-order chi connectivity index (χ0) is 21.3. The van der Waals surface area contributed by atoms with Gasteiger partial charge in [0.1, 0.15) is 5.75 Å². The number of nitrogens with one attached hydrogen (secondary N) is 1. The maximum absolute atomic E-state index is 12.9.